The predicted molar refractivity (Wildman–Crippen MR) is 62.1 cm³/mol. The maximum absolute atomic E-state index is 9.02. The third kappa shape index (κ3) is 2.30. The molecule has 0 unspecified atom stereocenters. The Morgan fingerprint density at radius 2 is 2.19 bits per heavy atom. The van der Waals surface area contributed by atoms with Crippen LogP contribution in [0.15, 0.2) is 18.2 Å². The van der Waals surface area contributed by atoms with Gasteiger partial charge in [-0.15, -0.1) is 0 Å². The van der Waals surface area contributed by atoms with E-state index in [-0.39, 0.29) is 6.61 Å². The number of methoxy groups -OCH3 is 1. The summed E-state index contributed by atoms with van der Waals surface area (Å²) in [4.78, 5) is 0. The molecule has 16 heavy (non-hydrogen) atoms. The summed E-state index contributed by atoms with van der Waals surface area (Å²) in [6, 6.07) is 5.80. The van der Waals surface area contributed by atoms with Gasteiger partial charge in [0.2, 0.25) is 0 Å². The van der Waals surface area contributed by atoms with Gasteiger partial charge in [-0.25, -0.2) is 0 Å². The minimum atomic E-state index is 0.133. The lowest BCUT2D eigenvalue weighted by atomic mass is 9.96. The average Bonchev–Trinajstić information content (AvgIpc) is 2.25. The molecular formula is C13H18O3. The van der Waals surface area contributed by atoms with E-state index in [1.54, 1.807) is 7.11 Å². The lowest BCUT2D eigenvalue weighted by Gasteiger charge is -2.28. The number of hydrogen-bond acceptors (Lipinski definition) is 3. The van der Waals surface area contributed by atoms with E-state index in [2.05, 4.69) is 0 Å². The monoisotopic (exact) mass is 222 g/mol. The van der Waals surface area contributed by atoms with Gasteiger partial charge in [0.1, 0.15) is 0 Å². The number of aliphatic hydroxyl groups excluding tert-OH is 1. The Kier molecular flexibility index (Phi) is 3.67. The van der Waals surface area contributed by atoms with Gasteiger partial charge in [-0.2, -0.15) is 0 Å². The zero-order valence-electron chi connectivity index (χ0n) is 9.61. The number of rotatable bonds is 5. The van der Waals surface area contributed by atoms with E-state index < -0.39 is 0 Å². The second-order valence-corrected chi connectivity index (χ2v) is 4.09. The van der Waals surface area contributed by atoms with Crippen LogP contribution < -0.4 is 9.47 Å². The van der Waals surface area contributed by atoms with Crippen LogP contribution in [-0.2, 0) is 6.42 Å². The highest BCUT2D eigenvalue weighted by molar-refractivity contribution is 5.47. The third-order valence-corrected chi connectivity index (χ3v) is 3.00. The smallest absolute Gasteiger partial charge is 0.164 e. The van der Waals surface area contributed by atoms with Crippen LogP contribution in [-0.4, -0.2) is 24.9 Å². The lowest BCUT2D eigenvalue weighted by Crippen LogP contribution is -2.25. The van der Waals surface area contributed by atoms with Gasteiger partial charge in [0.25, 0.3) is 0 Å². The maximum atomic E-state index is 9.02. The van der Waals surface area contributed by atoms with Crippen molar-refractivity contribution in [3.63, 3.8) is 0 Å². The Balaban J connectivity index is 2.21. The van der Waals surface area contributed by atoms with Crippen LogP contribution in [0.25, 0.3) is 0 Å². The first kappa shape index (κ1) is 11.3. The minimum Gasteiger partial charge on any atom is -0.493 e. The van der Waals surface area contributed by atoms with E-state index >= 15 is 0 Å². The average molecular weight is 222 g/mol. The quantitative estimate of drug-likeness (QED) is 0.829. The first-order valence-electron chi connectivity index (χ1n) is 5.78. The van der Waals surface area contributed by atoms with E-state index in [4.69, 9.17) is 14.6 Å². The van der Waals surface area contributed by atoms with Crippen molar-refractivity contribution in [3.8, 4) is 11.5 Å². The molecule has 2 rings (SSSR count). The number of hydrogen-bond donors (Lipinski definition) is 1. The molecule has 1 aliphatic carbocycles. The van der Waals surface area contributed by atoms with E-state index in [9.17, 15) is 0 Å². The fraction of sp³-hybridized carbons (Fsp3) is 0.538. The first-order chi connectivity index (χ1) is 7.85. The molecule has 0 heterocycles. The van der Waals surface area contributed by atoms with Crippen molar-refractivity contribution in [2.75, 3.05) is 13.7 Å². The molecule has 3 nitrogen and oxygen atoms in total. The van der Waals surface area contributed by atoms with E-state index in [1.165, 1.54) is 6.42 Å². The molecule has 0 atom stereocenters. The van der Waals surface area contributed by atoms with Crippen molar-refractivity contribution < 1.29 is 14.6 Å². The number of benzene rings is 1. The van der Waals surface area contributed by atoms with Crippen LogP contribution in [0.3, 0.4) is 0 Å². The normalized spacial score (nSPS) is 15.6. The van der Waals surface area contributed by atoms with Gasteiger partial charge in [0.15, 0.2) is 11.5 Å². The van der Waals surface area contributed by atoms with Crippen LogP contribution in [0.1, 0.15) is 24.8 Å². The van der Waals surface area contributed by atoms with Gasteiger partial charge in [-0.05, 0) is 31.7 Å². The number of para-hydroxylation sites is 1. The molecule has 1 aromatic rings. The Morgan fingerprint density at radius 3 is 2.75 bits per heavy atom. The van der Waals surface area contributed by atoms with Crippen LogP contribution in [0.2, 0.25) is 0 Å². The zero-order valence-corrected chi connectivity index (χ0v) is 9.61. The summed E-state index contributed by atoms with van der Waals surface area (Å²) < 4.78 is 11.2. The molecular weight excluding hydrogens is 204 g/mol. The Morgan fingerprint density at radius 1 is 1.38 bits per heavy atom. The largest absolute Gasteiger partial charge is 0.493 e. The summed E-state index contributed by atoms with van der Waals surface area (Å²) in [5.74, 6) is 1.57. The Labute approximate surface area is 96.0 Å². The molecule has 0 aromatic heterocycles. The highest BCUT2D eigenvalue weighted by Gasteiger charge is 2.22. The molecule has 0 radical (unpaired) electrons. The summed E-state index contributed by atoms with van der Waals surface area (Å²) in [6.07, 6.45) is 4.43. The fourth-order valence-electron chi connectivity index (χ4n) is 1.83. The molecule has 3 heteroatoms. The molecule has 1 fully saturated rings. The van der Waals surface area contributed by atoms with E-state index in [1.807, 2.05) is 18.2 Å². The summed E-state index contributed by atoms with van der Waals surface area (Å²) in [7, 11) is 1.64. The molecule has 0 saturated heterocycles. The third-order valence-electron chi connectivity index (χ3n) is 3.00. The maximum Gasteiger partial charge on any atom is 0.164 e. The molecule has 1 N–H and O–H groups in total. The van der Waals surface area contributed by atoms with Crippen LogP contribution in [0.5, 0.6) is 11.5 Å². The summed E-state index contributed by atoms with van der Waals surface area (Å²) >= 11 is 0. The van der Waals surface area contributed by atoms with Crippen molar-refractivity contribution >= 4 is 0 Å². The molecule has 0 aliphatic heterocycles. The summed E-state index contributed by atoms with van der Waals surface area (Å²) in [6.45, 7) is 0.133. The van der Waals surface area contributed by atoms with Crippen molar-refractivity contribution in [2.45, 2.75) is 31.8 Å². The Bertz CT molecular complexity index is 345. The summed E-state index contributed by atoms with van der Waals surface area (Å²) in [5, 5.41) is 9.02. The summed E-state index contributed by atoms with van der Waals surface area (Å²) in [5.41, 5.74) is 1.02. The van der Waals surface area contributed by atoms with Crippen molar-refractivity contribution in [2.24, 2.45) is 0 Å². The van der Waals surface area contributed by atoms with Gasteiger partial charge in [0, 0.05) is 12.2 Å². The van der Waals surface area contributed by atoms with Gasteiger partial charge >= 0.3 is 0 Å². The van der Waals surface area contributed by atoms with Crippen molar-refractivity contribution in [1.82, 2.24) is 0 Å². The van der Waals surface area contributed by atoms with E-state index in [0.29, 0.717) is 12.5 Å². The molecule has 1 aromatic carbocycles. The molecule has 1 saturated carbocycles. The number of ether oxygens (including phenoxy) is 2. The highest BCUT2D eigenvalue weighted by atomic mass is 16.5. The molecule has 0 spiro atoms. The van der Waals surface area contributed by atoms with Gasteiger partial charge in [0.05, 0.1) is 13.2 Å². The van der Waals surface area contributed by atoms with Crippen LogP contribution in [0, 0.1) is 0 Å². The van der Waals surface area contributed by atoms with Gasteiger partial charge in [-0.3, -0.25) is 0 Å². The van der Waals surface area contributed by atoms with Crippen LogP contribution in [0.4, 0.5) is 0 Å². The van der Waals surface area contributed by atoms with Crippen LogP contribution >= 0.6 is 0 Å². The van der Waals surface area contributed by atoms with Gasteiger partial charge in [-0.1, -0.05) is 12.1 Å². The lowest BCUT2D eigenvalue weighted by molar-refractivity contribution is 0.114. The standard InChI is InChI=1S/C13H18O3/c1-15-12-7-2-4-10(8-9-14)13(12)16-11-5-3-6-11/h2,4,7,11,14H,3,5-6,8-9H2,1H3. The molecule has 1 aliphatic rings. The van der Waals surface area contributed by atoms with Gasteiger partial charge < -0.3 is 14.6 Å². The minimum absolute atomic E-state index is 0.133. The Hall–Kier alpha value is -1.22. The van der Waals surface area contributed by atoms with Crippen molar-refractivity contribution in [1.29, 1.82) is 0 Å². The first-order valence-corrected chi connectivity index (χ1v) is 5.78. The second-order valence-electron chi connectivity index (χ2n) is 4.09. The molecule has 88 valence electrons. The topological polar surface area (TPSA) is 38.7 Å². The van der Waals surface area contributed by atoms with Crippen molar-refractivity contribution in [3.05, 3.63) is 23.8 Å². The zero-order chi connectivity index (χ0) is 11.4. The van der Waals surface area contributed by atoms with E-state index in [0.717, 1.165) is 29.9 Å². The fourth-order valence-corrected chi connectivity index (χ4v) is 1.83. The predicted octanol–water partition coefficient (Wildman–Crippen LogP) is 2.16. The number of aliphatic hydroxyl groups is 1. The molecule has 0 bridgehead atoms. The molecule has 0 amide bonds. The second kappa shape index (κ2) is 5.21. The highest BCUT2D eigenvalue weighted by Crippen LogP contribution is 2.35. The SMILES string of the molecule is COc1cccc(CCO)c1OC1CCC1.